The predicted molar refractivity (Wildman–Crippen MR) is 35.1 cm³/mol. The first-order valence-electron chi connectivity index (χ1n) is 2.54. The Hall–Kier alpha value is -1.25. The van der Waals surface area contributed by atoms with E-state index in [9.17, 15) is 4.79 Å². The lowest BCUT2D eigenvalue weighted by Gasteiger charge is -1.84. The fraction of sp³-hybridized carbons (Fsp3) is 0.167. The van der Waals surface area contributed by atoms with Gasteiger partial charge in [-0.05, 0) is 13.0 Å². The molecule has 3 heteroatoms. The molecule has 0 bridgehead atoms. The number of allylic oxidation sites excluding steroid dienone is 3. The molecule has 0 fully saturated rings. The van der Waals surface area contributed by atoms with Gasteiger partial charge in [-0.25, -0.2) is 4.79 Å². The molecule has 0 unspecified atom stereocenters. The van der Waals surface area contributed by atoms with Gasteiger partial charge in [-0.15, -0.1) is 0 Å². The van der Waals surface area contributed by atoms with E-state index in [1.165, 1.54) is 6.20 Å². The summed E-state index contributed by atoms with van der Waals surface area (Å²) in [6.45, 7) is 1.85. The molecule has 0 aromatic carbocycles. The van der Waals surface area contributed by atoms with Gasteiger partial charge in [0.15, 0.2) is 0 Å². The fourth-order valence-electron chi connectivity index (χ4n) is 0.286. The van der Waals surface area contributed by atoms with E-state index in [4.69, 9.17) is 5.11 Å². The molecule has 0 saturated heterocycles. The summed E-state index contributed by atoms with van der Waals surface area (Å²) in [4.78, 5) is 9.78. The summed E-state index contributed by atoms with van der Waals surface area (Å²) < 4.78 is 0. The summed E-state index contributed by atoms with van der Waals surface area (Å²) in [5.74, 6) is 0. The summed E-state index contributed by atoms with van der Waals surface area (Å²) in [7, 11) is 0. The lowest BCUT2D eigenvalue weighted by atomic mass is 10.5. The third kappa shape index (κ3) is 6.75. The second-order valence-corrected chi connectivity index (χ2v) is 1.33. The van der Waals surface area contributed by atoms with Gasteiger partial charge in [0, 0.05) is 6.20 Å². The van der Waals surface area contributed by atoms with Gasteiger partial charge >= 0.3 is 6.09 Å². The van der Waals surface area contributed by atoms with Crippen molar-refractivity contribution in [1.29, 1.82) is 0 Å². The zero-order valence-electron chi connectivity index (χ0n) is 5.16. The average molecular weight is 127 g/mol. The highest BCUT2D eigenvalue weighted by atomic mass is 16.4. The summed E-state index contributed by atoms with van der Waals surface area (Å²) in [6.07, 6.45) is 5.45. The Morgan fingerprint density at radius 1 is 1.56 bits per heavy atom. The van der Waals surface area contributed by atoms with Gasteiger partial charge in [-0.2, -0.15) is 0 Å². The molecule has 2 N–H and O–H groups in total. The van der Waals surface area contributed by atoms with Crippen LogP contribution in [-0.2, 0) is 0 Å². The van der Waals surface area contributed by atoms with Crippen molar-refractivity contribution in [2.75, 3.05) is 0 Å². The molecule has 0 spiro atoms. The van der Waals surface area contributed by atoms with Crippen molar-refractivity contribution in [3.63, 3.8) is 0 Å². The van der Waals surface area contributed by atoms with Crippen LogP contribution in [0.25, 0.3) is 0 Å². The Kier molecular flexibility index (Phi) is 4.22. The average Bonchev–Trinajstić information content (AvgIpc) is 1.80. The Morgan fingerprint density at radius 2 is 2.22 bits per heavy atom. The maximum atomic E-state index is 9.78. The zero-order valence-corrected chi connectivity index (χ0v) is 5.16. The van der Waals surface area contributed by atoms with Crippen LogP contribution in [0.3, 0.4) is 0 Å². The monoisotopic (exact) mass is 127 g/mol. The second kappa shape index (κ2) is 4.90. The Bertz CT molecular complexity index is 138. The minimum Gasteiger partial charge on any atom is -0.465 e. The summed E-state index contributed by atoms with van der Waals surface area (Å²) >= 11 is 0. The summed E-state index contributed by atoms with van der Waals surface area (Å²) in [6, 6.07) is 0. The van der Waals surface area contributed by atoms with Crippen LogP contribution < -0.4 is 5.32 Å². The predicted octanol–water partition coefficient (Wildman–Crippen LogP) is 1.34. The van der Waals surface area contributed by atoms with E-state index in [0.29, 0.717) is 0 Å². The van der Waals surface area contributed by atoms with Crippen molar-refractivity contribution in [3.8, 4) is 0 Å². The maximum absolute atomic E-state index is 9.78. The normalized spacial score (nSPS) is 10.8. The topological polar surface area (TPSA) is 49.3 Å². The quantitative estimate of drug-likeness (QED) is 0.550. The Morgan fingerprint density at radius 3 is 2.67 bits per heavy atom. The minimum absolute atomic E-state index is 1.05. The molecule has 0 aliphatic carbocycles. The number of rotatable bonds is 2. The molecule has 0 aliphatic rings. The first kappa shape index (κ1) is 7.75. The number of nitrogens with one attached hydrogen (secondary N) is 1. The van der Waals surface area contributed by atoms with Crippen LogP contribution in [0.1, 0.15) is 6.92 Å². The molecule has 0 aromatic rings. The highest BCUT2D eigenvalue weighted by Gasteiger charge is 1.82. The van der Waals surface area contributed by atoms with Gasteiger partial charge in [0.25, 0.3) is 0 Å². The van der Waals surface area contributed by atoms with Crippen molar-refractivity contribution in [1.82, 2.24) is 5.32 Å². The lowest BCUT2D eigenvalue weighted by Crippen LogP contribution is -2.12. The molecular weight excluding hydrogens is 118 g/mol. The summed E-state index contributed by atoms with van der Waals surface area (Å²) in [5.41, 5.74) is 0. The molecule has 0 radical (unpaired) electrons. The molecule has 0 aliphatic heterocycles. The molecule has 1 amide bonds. The van der Waals surface area contributed by atoms with E-state index in [1.807, 2.05) is 6.92 Å². The third-order valence-electron chi connectivity index (χ3n) is 0.607. The van der Waals surface area contributed by atoms with Crippen molar-refractivity contribution in [3.05, 3.63) is 24.4 Å². The van der Waals surface area contributed by atoms with Gasteiger partial charge in [0.05, 0.1) is 0 Å². The first-order chi connectivity index (χ1) is 4.27. The summed E-state index contributed by atoms with van der Waals surface area (Å²) in [5, 5.41) is 10.1. The van der Waals surface area contributed by atoms with Crippen LogP contribution in [0.4, 0.5) is 4.79 Å². The maximum Gasteiger partial charge on any atom is 0.408 e. The molecule has 0 aromatic heterocycles. The van der Waals surface area contributed by atoms with Crippen molar-refractivity contribution in [2.24, 2.45) is 0 Å². The molecule has 50 valence electrons. The highest BCUT2D eigenvalue weighted by Crippen LogP contribution is 1.71. The van der Waals surface area contributed by atoms with E-state index in [2.05, 4.69) is 5.32 Å². The van der Waals surface area contributed by atoms with Crippen molar-refractivity contribution < 1.29 is 9.90 Å². The first-order valence-corrected chi connectivity index (χ1v) is 2.54. The number of hydrogen-bond donors (Lipinski definition) is 2. The van der Waals surface area contributed by atoms with E-state index in [0.717, 1.165) is 0 Å². The van der Waals surface area contributed by atoms with Gasteiger partial charge in [-0.3, -0.25) is 5.32 Å². The molecule has 0 saturated carbocycles. The van der Waals surface area contributed by atoms with Gasteiger partial charge in [0.2, 0.25) is 0 Å². The van der Waals surface area contributed by atoms with E-state index < -0.39 is 6.09 Å². The molecule has 0 rings (SSSR count). The van der Waals surface area contributed by atoms with Crippen LogP contribution in [0, 0.1) is 0 Å². The molecule has 0 heterocycles. The zero-order chi connectivity index (χ0) is 7.11. The van der Waals surface area contributed by atoms with Crippen molar-refractivity contribution >= 4 is 6.09 Å². The van der Waals surface area contributed by atoms with Crippen LogP contribution in [0.15, 0.2) is 24.4 Å². The molecule has 3 nitrogen and oxygen atoms in total. The molecule has 9 heavy (non-hydrogen) atoms. The van der Waals surface area contributed by atoms with Crippen LogP contribution in [-0.4, -0.2) is 11.2 Å². The number of carbonyl (C=O) groups is 1. The van der Waals surface area contributed by atoms with E-state index in [1.54, 1.807) is 18.2 Å². The van der Waals surface area contributed by atoms with E-state index >= 15 is 0 Å². The number of hydrogen-bond acceptors (Lipinski definition) is 1. The van der Waals surface area contributed by atoms with E-state index in [-0.39, 0.29) is 0 Å². The van der Waals surface area contributed by atoms with Gasteiger partial charge in [-0.1, -0.05) is 12.2 Å². The second-order valence-electron chi connectivity index (χ2n) is 1.33. The Labute approximate surface area is 53.7 Å². The van der Waals surface area contributed by atoms with Crippen LogP contribution in [0.5, 0.6) is 0 Å². The van der Waals surface area contributed by atoms with Crippen LogP contribution >= 0.6 is 0 Å². The molecule has 0 atom stereocenters. The third-order valence-corrected chi connectivity index (χ3v) is 0.607. The van der Waals surface area contributed by atoms with Crippen LogP contribution in [0.2, 0.25) is 0 Å². The lowest BCUT2D eigenvalue weighted by molar-refractivity contribution is 0.198. The number of carboxylic acid groups (broad SMARTS) is 1. The highest BCUT2D eigenvalue weighted by molar-refractivity contribution is 5.65. The molecular formula is C6H9NO2. The Balaban J connectivity index is 3.36. The largest absolute Gasteiger partial charge is 0.465 e. The van der Waals surface area contributed by atoms with Gasteiger partial charge < -0.3 is 5.11 Å². The standard InChI is InChI=1S/C6H9NO2/c1-2-3-4-5-7-6(8)9/h2-5,7H,1H3,(H,8,9)/b3-2?,5-4+. The van der Waals surface area contributed by atoms with Crippen molar-refractivity contribution in [2.45, 2.75) is 6.92 Å². The fourth-order valence-corrected chi connectivity index (χ4v) is 0.286. The number of amides is 1. The van der Waals surface area contributed by atoms with Gasteiger partial charge in [0.1, 0.15) is 0 Å². The SMILES string of the molecule is CC=C/C=C/NC(=O)O. The smallest absolute Gasteiger partial charge is 0.408 e. The minimum atomic E-state index is -1.05.